The average molecular weight is 346 g/mol. The predicted molar refractivity (Wildman–Crippen MR) is 83.7 cm³/mol. The highest BCUT2D eigenvalue weighted by atomic mass is 32.1. The molecule has 23 heavy (non-hydrogen) atoms. The molecule has 2 N–H and O–H groups in total. The van der Waals surface area contributed by atoms with Gasteiger partial charge in [-0.15, -0.1) is 0 Å². The van der Waals surface area contributed by atoms with E-state index in [-0.39, 0.29) is 18.3 Å². The SMILES string of the molecule is CN(C)c1cc(C(F)(F)F)nc(NCC(C)(O)c2ccsc2)n1. The van der Waals surface area contributed by atoms with Crippen molar-refractivity contribution in [3.8, 4) is 0 Å². The Kier molecular flexibility index (Phi) is 4.81. The number of anilines is 2. The summed E-state index contributed by atoms with van der Waals surface area (Å²) in [5.74, 6) is -0.0518. The standard InChI is InChI=1S/C14H17F3N4OS/c1-13(22,9-4-5-23-7-9)8-18-12-19-10(14(15,16)17)6-11(20-12)21(2)3/h4-7,22H,8H2,1-3H3,(H,18,19,20). The molecule has 2 aromatic heterocycles. The van der Waals surface area contributed by atoms with Crippen molar-refractivity contribution in [2.24, 2.45) is 0 Å². The molecule has 0 aromatic carbocycles. The van der Waals surface area contributed by atoms with Crippen LogP contribution < -0.4 is 10.2 Å². The molecule has 9 heteroatoms. The summed E-state index contributed by atoms with van der Waals surface area (Å²) in [5.41, 5.74) is -1.60. The number of aromatic nitrogens is 2. The third-order valence-electron chi connectivity index (χ3n) is 3.20. The molecule has 2 aromatic rings. The molecule has 0 saturated heterocycles. The average Bonchev–Trinajstić information content (AvgIpc) is 2.99. The Morgan fingerprint density at radius 2 is 2.00 bits per heavy atom. The van der Waals surface area contributed by atoms with Crippen LogP contribution >= 0.6 is 11.3 Å². The monoisotopic (exact) mass is 346 g/mol. The van der Waals surface area contributed by atoms with Gasteiger partial charge < -0.3 is 15.3 Å². The lowest BCUT2D eigenvalue weighted by molar-refractivity contribution is -0.141. The maximum atomic E-state index is 12.9. The van der Waals surface area contributed by atoms with E-state index >= 15 is 0 Å². The Balaban J connectivity index is 2.24. The second-order valence-corrected chi connectivity index (χ2v) is 6.25. The van der Waals surface area contributed by atoms with Crippen LogP contribution in [0.1, 0.15) is 18.2 Å². The molecule has 0 aliphatic heterocycles. The van der Waals surface area contributed by atoms with Gasteiger partial charge in [0.15, 0.2) is 5.69 Å². The minimum absolute atomic E-state index is 0.0160. The summed E-state index contributed by atoms with van der Waals surface area (Å²) < 4.78 is 38.8. The molecule has 126 valence electrons. The fourth-order valence-electron chi connectivity index (χ4n) is 1.81. The van der Waals surface area contributed by atoms with Gasteiger partial charge in [0, 0.05) is 20.2 Å². The normalized spacial score (nSPS) is 14.4. The van der Waals surface area contributed by atoms with Crippen LogP contribution in [-0.4, -0.2) is 35.7 Å². The van der Waals surface area contributed by atoms with E-state index in [1.54, 1.807) is 32.5 Å². The zero-order valence-corrected chi connectivity index (χ0v) is 13.7. The van der Waals surface area contributed by atoms with Gasteiger partial charge >= 0.3 is 6.18 Å². The van der Waals surface area contributed by atoms with E-state index in [2.05, 4.69) is 15.3 Å². The quantitative estimate of drug-likeness (QED) is 0.872. The van der Waals surface area contributed by atoms with Crippen molar-refractivity contribution in [1.82, 2.24) is 9.97 Å². The van der Waals surface area contributed by atoms with Crippen molar-refractivity contribution < 1.29 is 18.3 Å². The largest absolute Gasteiger partial charge is 0.433 e. The highest BCUT2D eigenvalue weighted by Gasteiger charge is 2.34. The number of hydrogen-bond donors (Lipinski definition) is 2. The molecular formula is C14H17F3N4OS. The lowest BCUT2D eigenvalue weighted by Gasteiger charge is -2.23. The van der Waals surface area contributed by atoms with Gasteiger partial charge in [-0.25, -0.2) is 4.98 Å². The molecule has 1 unspecified atom stereocenters. The predicted octanol–water partition coefficient (Wildman–Crippen LogP) is 2.94. The Labute approximate surface area is 135 Å². The molecule has 0 saturated carbocycles. The maximum absolute atomic E-state index is 12.9. The van der Waals surface area contributed by atoms with E-state index in [0.717, 1.165) is 6.07 Å². The van der Waals surface area contributed by atoms with Gasteiger partial charge in [0.2, 0.25) is 5.95 Å². The smallest absolute Gasteiger partial charge is 0.384 e. The first-order valence-electron chi connectivity index (χ1n) is 6.72. The summed E-state index contributed by atoms with van der Waals surface area (Å²) in [5, 5.41) is 16.7. The molecule has 0 fully saturated rings. The number of thiophene rings is 1. The first kappa shape index (κ1) is 17.5. The van der Waals surface area contributed by atoms with Crippen molar-refractivity contribution in [2.75, 3.05) is 30.9 Å². The van der Waals surface area contributed by atoms with E-state index in [0.29, 0.717) is 5.56 Å². The molecule has 5 nitrogen and oxygen atoms in total. The van der Waals surface area contributed by atoms with Crippen LogP contribution in [0.5, 0.6) is 0 Å². The first-order chi connectivity index (χ1) is 10.6. The van der Waals surface area contributed by atoms with Crippen LogP contribution in [0.2, 0.25) is 0 Å². The minimum atomic E-state index is -4.57. The number of alkyl halides is 3. The van der Waals surface area contributed by atoms with E-state index in [1.807, 2.05) is 5.38 Å². The molecule has 0 bridgehead atoms. The summed E-state index contributed by atoms with van der Waals surface area (Å²) >= 11 is 1.43. The Bertz CT molecular complexity index is 657. The van der Waals surface area contributed by atoms with Crippen molar-refractivity contribution in [3.63, 3.8) is 0 Å². The highest BCUT2D eigenvalue weighted by molar-refractivity contribution is 7.08. The lowest BCUT2D eigenvalue weighted by Crippen LogP contribution is -2.31. The fraction of sp³-hybridized carbons (Fsp3) is 0.429. The van der Waals surface area contributed by atoms with Gasteiger partial charge in [-0.1, -0.05) is 0 Å². The zero-order valence-electron chi connectivity index (χ0n) is 12.8. The molecule has 2 rings (SSSR count). The van der Waals surface area contributed by atoms with Gasteiger partial charge in [0.25, 0.3) is 0 Å². The van der Waals surface area contributed by atoms with Gasteiger partial charge in [-0.2, -0.15) is 29.5 Å². The van der Waals surface area contributed by atoms with E-state index in [4.69, 9.17) is 0 Å². The van der Waals surface area contributed by atoms with Gasteiger partial charge in [-0.3, -0.25) is 0 Å². The Hall–Kier alpha value is -1.87. The van der Waals surface area contributed by atoms with Crippen LogP contribution in [0, 0.1) is 0 Å². The van der Waals surface area contributed by atoms with Crippen molar-refractivity contribution in [1.29, 1.82) is 0 Å². The number of nitrogens with zero attached hydrogens (tertiary/aromatic N) is 3. The summed E-state index contributed by atoms with van der Waals surface area (Å²) in [7, 11) is 3.18. The third-order valence-corrected chi connectivity index (χ3v) is 3.88. The first-order valence-corrected chi connectivity index (χ1v) is 7.66. The second-order valence-electron chi connectivity index (χ2n) is 5.47. The van der Waals surface area contributed by atoms with Gasteiger partial charge in [0.05, 0.1) is 6.54 Å². The van der Waals surface area contributed by atoms with Gasteiger partial charge in [-0.05, 0) is 29.3 Å². The van der Waals surface area contributed by atoms with E-state index in [9.17, 15) is 18.3 Å². The third kappa shape index (κ3) is 4.32. The van der Waals surface area contributed by atoms with Crippen molar-refractivity contribution >= 4 is 23.1 Å². The number of halogens is 3. The molecular weight excluding hydrogens is 329 g/mol. The van der Waals surface area contributed by atoms with Crippen molar-refractivity contribution in [2.45, 2.75) is 18.7 Å². The van der Waals surface area contributed by atoms with Crippen LogP contribution in [0.4, 0.5) is 24.9 Å². The van der Waals surface area contributed by atoms with Crippen LogP contribution in [0.15, 0.2) is 22.9 Å². The van der Waals surface area contributed by atoms with Gasteiger partial charge in [0.1, 0.15) is 11.4 Å². The topological polar surface area (TPSA) is 61.3 Å². The molecule has 2 heterocycles. The second kappa shape index (κ2) is 6.32. The van der Waals surface area contributed by atoms with Crippen LogP contribution in [0.25, 0.3) is 0 Å². The zero-order chi connectivity index (χ0) is 17.3. The van der Waals surface area contributed by atoms with E-state index in [1.165, 1.54) is 16.2 Å². The molecule has 0 radical (unpaired) electrons. The number of hydrogen-bond acceptors (Lipinski definition) is 6. The van der Waals surface area contributed by atoms with E-state index < -0.39 is 17.5 Å². The molecule has 1 atom stereocenters. The minimum Gasteiger partial charge on any atom is -0.384 e. The molecule has 0 aliphatic rings. The molecule has 0 spiro atoms. The molecule has 0 amide bonds. The maximum Gasteiger partial charge on any atom is 0.433 e. The molecule has 0 aliphatic carbocycles. The number of nitrogens with one attached hydrogen (secondary N) is 1. The highest BCUT2D eigenvalue weighted by Crippen LogP contribution is 2.30. The lowest BCUT2D eigenvalue weighted by atomic mass is 9.99. The number of rotatable bonds is 5. The summed E-state index contributed by atoms with van der Waals surface area (Å²) in [4.78, 5) is 8.97. The van der Waals surface area contributed by atoms with Crippen molar-refractivity contribution in [3.05, 3.63) is 34.2 Å². The fourth-order valence-corrected chi connectivity index (χ4v) is 2.59. The number of aliphatic hydroxyl groups is 1. The van der Waals surface area contributed by atoms with Crippen LogP contribution in [-0.2, 0) is 11.8 Å². The summed E-state index contributed by atoms with van der Waals surface area (Å²) in [6.07, 6.45) is -4.57. The van der Waals surface area contributed by atoms with Crippen LogP contribution in [0.3, 0.4) is 0 Å². The summed E-state index contributed by atoms with van der Waals surface area (Å²) in [6, 6.07) is 2.63. The summed E-state index contributed by atoms with van der Waals surface area (Å²) in [6.45, 7) is 1.56. The Morgan fingerprint density at radius 3 is 2.52 bits per heavy atom. The Morgan fingerprint density at radius 1 is 1.30 bits per heavy atom.